The Morgan fingerprint density at radius 2 is 1.67 bits per heavy atom. The zero-order valence-corrected chi connectivity index (χ0v) is 25.8. The number of aliphatic hydroxyl groups excluding tert-OH is 2. The number of amides is 2. The van der Waals surface area contributed by atoms with Crippen molar-refractivity contribution >= 4 is 40.7 Å². The van der Waals surface area contributed by atoms with E-state index in [1.807, 2.05) is 0 Å². The van der Waals surface area contributed by atoms with Crippen LogP contribution in [-0.2, 0) is 20.8 Å². The average Bonchev–Trinajstić information content (AvgIpc) is 2.92. The van der Waals surface area contributed by atoms with Crippen molar-refractivity contribution in [2.75, 3.05) is 38.4 Å². The van der Waals surface area contributed by atoms with Gasteiger partial charge in [0.15, 0.2) is 17.1 Å². The smallest absolute Gasteiger partial charge is 0.417 e. The number of aromatic hydroxyl groups is 1. The molecule has 2 aromatic rings. The number of phenolic OH excluding ortho intramolecular Hbond substituents is 1. The lowest BCUT2D eigenvalue weighted by atomic mass is 9.46. The summed E-state index contributed by atoms with van der Waals surface area (Å²) in [5.74, 6) is -5.50. The second kappa shape index (κ2) is 10.3. The van der Waals surface area contributed by atoms with Crippen LogP contribution in [0.5, 0.6) is 11.5 Å². The van der Waals surface area contributed by atoms with Crippen LogP contribution in [0.2, 0.25) is 0 Å². The molecule has 0 unspecified atom stereocenters. The standard InChI is InChI=1S/C32H36N4O9/c1-30-13-16-18(35(3)4)12-17(34-29(43)45-15-10-8-7-9-11-15)22(37)19(16)23(38)21(30)27(41)32(44)26(40)20(28(33)42)24(39)25(36(5)6)31(32,2)14-30/h7-12,25,37-38,40,44H,13-14H2,1-6H3,(H2,33,42)(H,34,43)/t25-,30+,31+,32-/m1/s1. The van der Waals surface area contributed by atoms with Crippen molar-refractivity contribution in [2.24, 2.45) is 16.6 Å². The number of likely N-dealkylation sites (N-methyl/N-ethyl adjacent to an activating group) is 1. The number of ether oxygens (including phenoxy) is 1. The Hall–Kier alpha value is -4.88. The van der Waals surface area contributed by atoms with E-state index in [2.05, 4.69) is 5.32 Å². The lowest BCUT2D eigenvalue weighted by molar-refractivity contribution is -0.175. The van der Waals surface area contributed by atoms with Crippen molar-refractivity contribution in [3.63, 3.8) is 0 Å². The van der Waals surface area contributed by atoms with Gasteiger partial charge < -0.3 is 35.8 Å². The fourth-order valence-corrected chi connectivity index (χ4v) is 7.60. The number of para-hydroxylation sites is 1. The molecule has 1 fully saturated rings. The van der Waals surface area contributed by atoms with Crippen LogP contribution < -0.4 is 20.7 Å². The van der Waals surface area contributed by atoms with Crippen LogP contribution >= 0.6 is 0 Å². The van der Waals surface area contributed by atoms with Gasteiger partial charge >= 0.3 is 6.09 Å². The summed E-state index contributed by atoms with van der Waals surface area (Å²) in [6.45, 7) is 3.16. The van der Waals surface area contributed by atoms with Gasteiger partial charge in [0, 0.05) is 36.2 Å². The monoisotopic (exact) mass is 620 g/mol. The molecule has 7 N–H and O–H groups in total. The lowest BCUT2D eigenvalue weighted by Gasteiger charge is -2.59. The summed E-state index contributed by atoms with van der Waals surface area (Å²) in [5, 5.41) is 49.1. The second-order valence-electron chi connectivity index (χ2n) is 12.8. The predicted octanol–water partition coefficient (Wildman–Crippen LogP) is 2.42. The van der Waals surface area contributed by atoms with E-state index in [4.69, 9.17) is 10.5 Å². The quantitative estimate of drug-likeness (QED) is 0.212. The number of ketones is 2. The van der Waals surface area contributed by atoms with Gasteiger partial charge in [-0.05, 0) is 50.7 Å². The number of carbonyl (C=O) groups excluding carboxylic acids is 4. The Morgan fingerprint density at radius 3 is 2.22 bits per heavy atom. The molecule has 0 aromatic heterocycles. The van der Waals surface area contributed by atoms with Crippen molar-refractivity contribution in [1.82, 2.24) is 4.90 Å². The van der Waals surface area contributed by atoms with Crippen LogP contribution in [0.1, 0.15) is 31.4 Å². The summed E-state index contributed by atoms with van der Waals surface area (Å²) in [7, 11) is 6.53. The molecule has 0 spiro atoms. The van der Waals surface area contributed by atoms with E-state index in [0.29, 0.717) is 11.3 Å². The maximum Gasteiger partial charge on any atom is 0.417 e. The van der Waals surface area contributed by atoms with E-state index in [0.717, 1.165) is 0 Å². The van der Waals surface area contributed by atoms with E-state index in [1.54, 1.807) is 70.3 Å². The highest BCUT2D eigenvalue weighted by Crippen LogP contribution is 2.63. The van der Waals surface area contributed by atoms with E-state index in [-0.39, 0.29) is 35.4 Å². The number of nitrogens with one attached hydrogen (secondary N) is 1. The molecule has 4 atom stereocenters. The zero-order chi connectivity index (χ0) is 33.4. The van der Waals surface area contributed by atoms with Gasteiger partial charge in [-0.25, -0.2) is 4.79 Å². The van der Waals surface area contributed by atoms with Crippen LogP contribution in [0.4, 0.5) is 16.2 Å². The molecule has 3 aliphatic rings. The molecule has 0 aliphatic heterocycles. The molecular weight excluding hydrogens is 584 g/mol. The number of hydrogen-bond acceptors (Lipinski definition) is 11. The third-order valence-corrected chi connectivity index (χ3v) is 9.28. The highest BCUT2D eigenvalue weighted by molar-refractivity contribution is 6.25. The number of Topliss-reactive ketones (excluding diaryl/α,β-unsaturated/α-hetero) is 2. The van der Waals surface area contributed by atoms with Crippen LogP contribution in [-0.4, -0.2) is 88.7 Å². The van der Waals surface area contributed by atoms with Gasteiger partial charge in [0.05, 0.1) is 17.3 Å². The fraction of sp³-hybridized carbons (Fsp3) is 0.375. The molecule has 238 valence electrons. The van der Waals surface area contributed by atoms with Gasteiger partial charge in [-0.3, -0.25) is 24.6 Å². The number of phenols is 1. The molecule has 13 heteroatoms. The minimum atomic E-state index is -2.84. The summed E-state index contributed by atoms with van der Waals surface area (Å²) in [6, 6.07) is 8.47. The van der Waals surface area contributed by atoms with Gasteiger partial charge in [0.2, 0.25) is 5.78 Å². The lowest BCUT2D eigenvalue weighted by Crippen LogP contribution is -2.72. The number of hydrogen-bond donors (Lipinski definition) is 6. The maximum atomic E-state index is 14.5. The number of nitrogens with zero attached hydrogens (tertiary/aromatic N) is 2. The molecule has 13 nitrogen and oxygen atoms in total. The first-order chi connectivity index (χ1) is 20.9. The molecule has 0 saturated heterocycles. The van der Waals surface area contributed by atoms with Gasteiger partial charge in [0.25, 0.3) is 5.91 Å². The Labute approximate surface area is 259 Å². The first-order valence-corrected chi connectivity index (χ1v) is 14.2. The minimum absolute atomic E-state index is 0.0520. The number of primary amides is 1. The summed E-state index contributed by atoms with van der Waals surface area (Å²) in [4.78, 5) is 56.3. The molecular formula is C32H36N4O9. The average molecular weight is 621 g/mol. The van der Waals surface area contributed by atoms with Crippen molar-refractivity contribution in [3.8, 4) is 11.5 Å². The zero-order valence-electron chi connectivity index (χ0n) is 25.8. The molecule has 5 rings (SSSR count). The Balaban J connectivity index is 1.72. The number of nitrogens with two attached hydrogens (primary N) is 1. The number of fused-ring (bicyclic) bond motifs is 3. The molecule has 45 heavy (non-hydrogen) atoms. The number of benzene rings is 2. The second-order valence-corrected chi connectivity index (χ2v) is 12.8. The molecule has 3 aliphatic carbocycles. The Morgan fingerprint density at radius 1 is 1.04 bits per heavy atom. The summed E-state index contributed by atoms with van der Waals surface area (Å²) >= 11 is 0. The van der Waals surface area contributed by atoms with Crippen molar-refractivity contribution in [2.45, 2.75) is 38.3 Å². The van der Waals surface area contributed by atoms with E-state index in [1.165, 1.54) is 17.9 Å². The van der Waals surface area contributed by atoms with Gasteiger partial charge in [-0.1, -0.05) is 32.0 Å². The van der Waals surface area contributed by atoms with E-state index in [9.17, 15) is 39.6 Å². The highest BCUT2D eigenvalue weighted by Gasteiger charge is 2.72. The van der Waals surface area contributed by atoms with Crippen LogP contribution in [0.25, 0.3) is 5.76 Å². The molecule has 2 aromatic carbocycles. The van der Waals surface area contributed by atoms with Gasteiger partial charge in [-0.2, -0.15) is 0 Å². The maximum absolute atomic E-state index is 14.5. The third kappa shape index (κ3) is 4.37. The predicted molar refractivity (Wildman–Crippen MR) is 164 cm³/mol. The van der Waals surface area contributed by atoms with E-state index >= 15 is 0 Å². The third-order valence-electron chi connectivity index (χ3n) is 9.28. The SMILES string of the molecule is CN(C)c1cc(NC(=O)Oc2ccccc2)c(O)c2c1C[C@@]1(C)C[C@@]3(C)[C@H](N(C)C)C(=O)C(C(N)=O)=C(O)[C@@]3(O)C(=O)C1=C2O. The molecule has 2 amide bonds. The van der Waals surface area contributed by atoms with Gasteiger partial charge in [0.1, 0.15) is 22.8 Å². The Bertz CT molecular complexity index is 1730. The summed E-state index contributed by atoms with van der Waals surface area (Å²) in [6.07, 6.45) is -0.984. The molecule has 0 radical (unpaired) electrons. The first-order valence-electron chi connectivity index (χ1n) is 14.2. The highest BCUT2D eigenvalue weighted by atomic mass is 16.6. The molecule has 1 saturated carbocycles. The summed E-state index contributed by atoms with van der Waals surface area (Å²) in [5.41, 5.74) is -0.907. The van der Waals surface area contributed by atoms with Crippen molar-refractivity contribution < 1.29 is 44.3 Å². The topological polar surface area (TPSA) is 203 Å². The number of carbonyl (C=O) groups is 4. The van der Waals surface area contributed by atoms with Gasteiger partial charge in [-0.15, -0.1) is 0 Å². The number of rotatable bonds is 5. The number of anilines is 2. The minimum Gasteiger partial charge on any atom is -0.508 e. The van der Waals surface area contributed by atoms with Crippen molar-refractivity contribution in [3.05, 3.63) is 64.4 Å². The van der Waals surface area contributed by atoms with E-state index < -0.39 is 68.9 Å². The van der Waals surface area contributed by atoms with Crippen LogP contribution in [0.15, 0.2) is 53.3 Å². The fourth-order valence-electron chi connectivity index (χ4n) is 7.60. The number of aliphatic hydroxyl groups is 3. The van der Waals surface area contributed by atoms with Crippen LogP contribution in [0, 0.1) is 10.8 Å². The Kier molecular flexibility index (Phi) is 7.25. The largest absolute Gasteiger partial charge is 0.508 e. The molecule has 0 heterocycles. The summed E-state index contributed by atoms with van der Waals surface area (Å²) < 4.78 is 5.29. The van der Waals surface area contributed by atoms with Crippen molar-refractivity contribution in [1.29, 1.82) is 0 Å². The first kappa shape index (κ1) is 31.5. The molecule has 0 bridgehead atoms. The normalized spacial score (nSPS) is 27.5. The van der Waals surface area contributed by atoms with Crippen LogP contribution in [0.3, 0.4) is 0 Å².